The molecule has 0 N–H and O–H groups in total. The molecular weight excluding hydrogens is 166 g/mol. The lowest BCUT2D eigenvalue weighted by Crippen LogP contribution is -2.00. The van der Waals surface area contributed by atoms with Crippen LogP contribution in [-0.4, -0.2) is 20.3 Å². The van der Waals surface area contributed by atoms with Gasteiger partial charge in [0.15, 0.2) is 5.78 Å². The van der Waals surface area contributed by atoms with E-state index in [4.69, 9.17) is 0 Å². The summed E-state index contributed by atoms with van der Waals surface area (Å²) in [6.07, 6.45) is 3.28. The lowest BCUT2D eigenvalue weighted by Gasteiger charge is -1.98. The van der Waals surface area contributed by atoms with Gasteiger partial charge in [0.1, 0.15) is 5.69 Å². The first-order chi connectivity index (χ1) is 6.20. The topological polar surface area (TPSA) is 47.8 Å². The average molecular weight is 175 g/mol. The van der Waals surface area contributed by atoms with E-state index in [-0.39, 0.29) is 5.78 Å². The van der Waals surface area contributed by atoms with Crippen molar-refractivity contribution in [3.8, 4) is 0 Å². The van der Waals surface area contributed by atoms with Crippen molar-refractivity contribution in [2.24, 2.45) is 7.05 Å². The maximum atomic E-state index is 11.2. The maximum Gasteiger partial charge on any atom is 0.180 e. The summed E-state index contributed by atoms with van der Waals surface area (Å²) in [5.74, 6) is -0.0331. The van der Waals surface area contributed by atoms with Crippen molar-refractivity contribution in [3.63, 3.8) is 0 Å². The SMILES string of the molecule is CC(=O)c1nccc2ncn(C)c12. The van der Waals surface area contributed by atoms with E-state index in [1.807, 2.05) is 7.05 Å². The van der Waals surface area contributed by atoms with Crippen LogP contribution in [0.3, 0.4) is 0 Å². The van der Waals surface area contributed by atoms with Crippen molar-refractivity contribution in [2.45, 2.75) is 6.92 Å². The largest absolute Gasteiger partial charge is 0.332 e. The second-order valence-corrected chi connectivity index (χ2v) is 2.94. The van der Waals surface area contributed by atoms with Crippen molar-refractivity contribution in [1.29, 1.82) is 0 Å². The summed E-state index contributed by atoms with van der Waals surface area (Å²) in [6, 6.07) is 1.79. The third kappa shape index (κ3) is 1.11. The van der Waals surface area contributed by atoms with Gasteiger partial charge in [-0.1, -0.05) is 0 Å². The van der Waals surface area contributed by atoms with Gasteiger partial charge in [0.2, 0.25) is 0 Å². The van der Waals surface area contributed by atoms with Crippen LogP contribution in [0.1, 0.15) is 17.4 Å². The molecule has 0 aliphatic rings. The predicted octanol–water partition coefficient (Wildman–Crippen LogP) is 1.17. The van der Waals surface area contributed by atoms with E-state index in [1.54, 1.807) is 23.2 Å². The number of Topliss-reactive ketones (excluding diaryl/α,β-unsaturated/α-hetero) is 1. The molecule has 0 unspecified atom stereocenters. The van der Waals surface area contributed by atoms with Crippen LogP contribution in [0.25, 0.3) is 11.0 Å². The molecule has 0 aliphatic carbocycles. The Morgan fingerprint density at radius 1 is 1.46 bits per heavy atom. The minimum atomic E-state index is -0.0331. The summed E-state index contributed by atoms with van der Waals surface area (Å²) in [4.78, 5) is 19.4. The molecule has 13 heavy (non-hydrogen) atoms. The first kappa shape index (κ1) is 7.91. The summed E-state index contributed by atoms with van der Waals surface area (Å²) in [7, 11) is 1.85. The number of pyridine rings is 1. The molecule has 0 radical (unpaired) electrons. The Kier molecular flexibility index (Phi) is 1.62. The molecular formula is C9H9N3O. The Morgan fingerprint density at radius 2 is 2.23 bits per heavy atom. The second kappa shape index (κ2) is 2.65. The molecule has 0 aromatic carbocycles. The minimum absolute atomic E-state index is 0.0331. The Hall–Kier alpha value is -1.71. The Labute approximate surface area is 75.2 Å². The van der Waals surface area contributed by atoms with Crippen LogP contribution in [0.15, 0.2) is 18.6 Å². The molecule has 0 aliphatic heterocycles. The lowest BCUT2D eigenvalue weighted by atomic mass is 10.2. The predicted molar refractivity (Wildman–Crippen MR) is 48.5 cm³/mol. The standard InChI is InChI=1S/C9H9N3O/c1-6(13)8-9-7(3-4-10-8)11-5-12(9)2/h3-5H,1-2H3. The van der Waals surface area contributed by atoms with Gasteiger partial charge in [0.25, 0.3) is 0 Å². The highest BCUT2D eigenvalue weighted by molar-refractivity contribution is 6.02. The third-order valence-electron chi connectivity index (χ3n) is 1.96. The van der Waals surface area contributed by atoms with Crippen LogP contribution >= 0.6 is 0 Å². The van der Waals surface area contributed by atoms with E-state index in [0.29, 0.717) is 5.69 Å². The number of ketones is 1. The molecule has 0 bridgehead atoms. The number of hydrogen-bond acceptors (Lipinski definition) is 3. The summed E-state index contributed by atoms with van der Waals surface area (Å²) >= 11 is 0. The molecule has 2 heterocycles. The summed E-state index contributed by atoms with van der Waals surface area (Å²) in [5.41, 5.74) is 2.09. The number of aromatic nitrogens is 3. The van der Waals surface area contributed by atoms with Gasteiger partial charge in [-0.05, 0) is 6.07 Å². The molecule has 0 atom stereocenters. The molecule has 0 fully saturated rings. The maximum absolute atomic E-state index is 11.2. The summed E-state index contributed by atoms with van der Waals surface area (Å²) < 4.78 is 1.80. The number of aryl methyl sites for hydroxylation is 1. The van der Waals surface area contributed by atoms with Gasteiger partial charge in [-0.15, -0.1) is 0 Å². The van der Waals surface area contributed by atoms with E-state index in [9.17, 15) is 4.79 Å². The quantitative estimate of drug-likeness (QED) is 0.611. The van der Waals surface area contributed by atoms with Crippen molar-refractivity contribution in [3.05, 3.63) is 24.3 Å². The molecule has 2 aromatic heterocycles. The molecule has 66 valence electrons. The van der Waals surface area contributed by atoms with Crippen molar-refractivity contribution in [1.82, 2.24) is 14.5 Å². The molecule has 0 saturated carbocycles. The van der Waals surface area contributed by atoms with Crippen LogP contribution in [0.2, 0.25) is 0 Å². The van der Waals surface area contributed by atoms with Crippen LogP contribution in [0, 0.1) is 0 Å². The summed E-state index contributed by atoms with van der Waals surface area (Å²) in [6.45, 7) is 1.51. The molecule has 0 saturated heterocycles. The normalized spacial score (nSPS) is 10.6. The van der Waals surface area contributed by atoms with E-state index in [1.165, 1.54) is 6.92 Å². The molecule has 2 rings (SSSR count). The van der Waals surface area contributed by atoms with E-state index in [0.717, 1.165) is 11.0 Å². The first-order valence-corrected chi connectivity index (χ1v) is 3.97. The van der Waals surface area contributed by atoms with Crippen LogP contribution in [0.4, 0.5) is 0 Å². The fourth-order valence-electron chi connectivity index (χ4n) is 1.36. The monoisotopic (exact) mass is 175 g/mol. The number of nitrogens with zero attached hydrogens (tertiary/aromatic N) is 3. The highest BCUT2D eigenvalue weighted by atomic mass is 16.1. The van der Waals surface area contributed by atoms with Gasteiger partial charge in [0, 0.05) is 20.2 Å². The van der Waals surface area contributed by atoms with Crippen molar-refractivity contribution in [2.75, 3.05) is 0 Å². The van der Waals surface area contributed by atoms with Crippen LogP contribution < -0.4 is 0 Å². The third-order valence-corrected chi connectivity index (χ3v) is 1.96. The van der Waals surface area contributed by atoms with Crippen LogP contribution in [-0.2, 0) is 7.05 Å². The number of carbonyl (C=O) groups is 1. The van der Waals surface area contributed by atoms with Gasteiger partial charge in [0.05, 0.1) is 17.4 Å². The number of carbonyl (C=O) groups excluding carboxylic acids is 1. The fourth-order valence-corrected chi connectivity index (χ4v) is 1.36. The number of fused-ring (bicyclic) bond motifs is 1. The fraction of sp³-hybridized carbons (Fsp3) is 0.222. The second-order valence-electron chi connectivity index (χ2n) is 2.94. The highest BCUT2D eigenvalue weighted by Crippen LogP contribution is 2.14. The van der Waals surface area contributed by atoms with E-state index >= 15 is 0 Å². The molecule has 2 aromatic rings. The molecule has 0 spiro atoms. The van der Waals surface area contributed by atoms with Crippen molar-refractivity contribution >= 4 is 16.8 Å². The smallest absolute Gasteiger partial charge is 0.180 e. The number of imidazole rings is 1. The molecule has 4 nitrogen and oxygen atoms in total. The molecule has 0 amide bonds. The zero-order chi connectivity index (χ0) is 9.42. The highest BCUT2D eigenvalue weighted by Gasteiger charge is 2.10. The van der Waals surface area contributed by atoms with Crippen LogP contribution in [0.5, 0.6) is 0 Å². The van der Waals surface area contributed by atoms with Gasteiger partial charge in [-0.3, -0.25) is 9.78 Å². The van der Waals surface area contributed by atoms with E-state index < -0.39 is 0 Å². The van der Waals surface area contributed by atoms with Gasteiger partial charge in [-0.2, -0.15) is 0 Å². The minimum Gasteiger partial charge on any atom is -0.332 e. The van der Waals surface area contributed by atoms with Gasteiger partial charge in [-0.25, -0.2) is 4.98 Å². The first-order valence-electron chi connectivity index (χ1n) is 3.97. The zero-order valence-corrected chi connectivity index (χ0v) is 7.48. The Morgan fingerprint density at radius 3 is 2.92 bits per heavy atom. The van der Waals surface area contributed by atoms with Gasteiger partial charge < -0.3 is 4.57 Å². The lowest BCUT2D eigenvalue weighted by molar-refractivity contribution is 0.101. The number of hydrogen-bond donors (Lipinski definition) is 0. The average Bonchev–Trinajstić information content (AvgIpc) is 2.48. The Bertz CT molecular complexity index is 473. The summed E-state index contributed by atoms with van der Waals surface area (Å²) in [5, 5.41) is 0. The molecule has 4 heteroatoms. The van der Waals surface area contributed by atoms with Gasteiger partial charge >= 0.3 is 0 Å². The van der Waals surface area contributed by atoms with E-state index in [2.05, 4.69) is 9.97 Å². The Balaban J connectivity index is 2.88. The van der Waals surface area contributed by atoms with Crippen molar-refractivity contribution < 1.29 is 4.79 Å². The number of rotatable bonds is 1. The zero-order valence-electron chi connectivity index (χ0n) is 7.48.